The van der Waals surface area contributed by atoms with E-state index < -0.39 is 5.91 Å². The van der Waals surface area contributed by atoms with E-state index in [9.17, 15) is 4.79 Å². The Hall–Kier alpha value is -2.87. The van der Waals surface area contributed by atoms with Crippen LogP contribution >= 0.6 is 11.6 Å². The molecule has 7 nitrogen and oxygen atoms in total. The molecule has 31 heavy (non-hydrogen) atoms. The summed E-state index contributed by atoms with van der Waals surface area (Å²) in [6, 6.07) is 15.4. The summed E-state index contributed by atoms with van der Waals surface area (Å²) in [6.07, 6.45) is 0.867. The monoisotopic (exact) mass is 442 g/mol. The summed E-state index contributed by atoms with van der Waals surface area (Å²) in [6.45, 7) is 4.88. The zero-order valence-corrected chi connectivity index (χ0v) is 18.2. The lowest BCUT2D eigenvalue weighted by molar-refractivity contribution is -0.113. The van der Waals surface area contributed by atoms with Gasteiger partial charge in [-0.2, -0.15) is 0 Å². The van der Waals surface area contributed by atoms with E-state index in [0.717, 1.165) is 23.9 Å². The molecular weight excluding hydrogens is 416 g/mol. The predicted molar refractivity (Wildman–Crippen MR) is 123 cm³/mol. The summed E-state index contributed by atoms with van der Waals surface area (Å²) in [5.74, 6) is 0.297. The van der Waals surface area contributed by atoms with E-state index in [-0.39, 0.29) is 16.8 Å². The van der Waals surface area contributed by atoms with E-state index in [1.807, 2.05) is 49.4 Å². The molecule has 0 spiro atoms. The molecule has 1 saturated heterocycles. The van der Waals surface area contributed by atoms with Crippen LogP contribution in [0, 0.1) is 12.3 Å². The van der Waals surface area contributed by atoms with E-state index in [2.05, 4.69) is 16.0 Å². The molecule has 0 bridgehead atoms. The Labute approximate surface area is 187 Å². The van der Waals surface area contributed by atoms with Gasteiger partial charge in [0.05, 0.1) is 17.7 Å². The summed E-state index contributed by atoms with van der Waals surface area (Å²) in [4.78, 5) is 12.8. The van der Waals surface area contributed by atoms with E-state index in [4.69, 9.17) is 26.5 Å². The van der Waals surface area contributed by atoms with Gasteiger partial charge in [0.1, 0.15) is 18.1 Å². The van der Waals surface area contributed by atoms with Gasteiger partial charge in [0.15, 0.2) is 0 Å². The molecule has 1 aliphatic heterocycles. The Morgan fingerprint density at radius 2 is 2.13 bits per heavy atom. The maximum Gasteiger partial charge on any atom is 0.273 e. The summed E-state index contributed by atoms with van der Waals surface area (Å²) in [5, 5.41) is 16.6. The number of hydrogen-bond acceptors (Lipinski definition) is 6. The number of hydrogen-bond donors (Lipinski definition) is 4. The van der Waals surface area contributed by atoms with E-state index in [1.54, 1.807) is 6.07 Å². The SMILES string of the molecule is Cc1cc(OCc2ccccc2)ccc1NC(=O)/C(NCC1CNCCO1)=C(\Cl)C=N. The molecule has 8 heteroatoms. The summed E-state index contributed by atoms with van der Waals surface area (Å²) < 4.78 is 11.5. The Balaban J connectivity index is 1.61. The van der Waals surface area contributed by atoms with Crippen molar-refractivity contribution in [2.45, 2.75) is 19.6 Å². The molecule has 164 valence electrons. The molecule has 0 aliphatic carbocycles. The highest BCUT2D eigenvalue weighted by molar-refractivity contribution is 6.41. The number of allylic oxidation sites excluding steroid dienone is 1. The van der Waals surface area contributed by atoms with E-state index in [0.29, 0.717) is 37.7 Å². The molecule has 2 aromatic rings. The van der Waals surface area contributed by atoms with Gasteiger partial charge in [-0.25, -0.2) is 0 Å². The number of anilines is 1. The van der Waals surface area contributed by atoms with Crippen molar-refractivity contribution in [2.75, 3.05) is 31.6 Å². The van der Waals surface area contributed by atoms with Gasteiger partial charge in [-0.05, 0) is 36.2 Å². The number of morpholine rings is 1. The number of carbonyl (C=O) groups excluding carboxylic acids is 1. The fourth-order valence-electron chi connectivity index (χ4n) is 3.10. The Morgan fingerprint density at radius 1 is 1.32 bits per heavy atom. The molecule has 1 aliphatic rings. The van der Waals surface area contributed by atoms with Gasteiger partial charge in [0.25, 0.3) is 5.91 Å². The van der Waals surface area contributed by atoms with Crippen LogP contribution in [0.4, 0.5) is 5.69 Å². The van der Waals surface area contributed by atoms with Crippen molar-refractivity contribution in [2.24, 2.45) is 0 Å². The smallest absolute Gasteiger partial charge is 0.273 e. The van der Waals surface area contributed by atoms with Crippen molar-refractivity contribution in [3.63, 3.8) is 0 Å². The first-order chi connectivity index (χ1) is 15.1. The number of ether oxygens (including phenoxy) is 2. The van der Waals surface area contributed by atoms with E-state index in [1.165, 1.54) is 0 Å². The molecule has 2 aromatic carbocycles. The van der Waals surface area contributed by atoms with Crippen molar-refractivity contribution in [1.82, 2.24) is 10.6 Å². The van der Waals surface area contributed by atoms with Crippen LogP contribution in [0.2, 0.25) is 0 Å². The van der Waals surface area contributed by atoms with Gasteiger partial charge in [-0.3, -0.25) is 4.79 Å². The number of halogens is 1. The van der Waals surface area contributed by atoms with Crippen LogP contribution in [-0.4, -0.2) is 44.5 Å². The van der Waals surface area contributed by atoms with Gasteiger partial charge in [0.2, 0.25) is 0 Å². The first-order valence-electron chi connectivity index (χ1n) is 10.1. The van der Waals surface area contributed by atoms with Crippen LogP contribution in [0.3, 0.4) is 0 Å². The molecule has 0 radical (unpaired) electrons. The van der Waals surface area contributed by atoms with Gasteiger partial charge in [0, 0.05) is 31.5 Å². The van der Waals surface area contributed by atoms with Gasteiger partial charge < -0.3 is 30.8 Å². The van der Waals surface area contributed by atoms with Crippen LogP contribution in [0.1, 0.15) is 11.1 Å². The minimum absolute atomic E-state index is 0.0294. The summed E-state index contributed by atoms with van der Waals surface area (Å²) in [7, 11) is 0. The highest BCUT2D eigenvalue weighted by Gasteiger charge is 2.19. The maximum absolute atomic E-state index is 12.8. The molecule has 3 rings (SSSR count). The molecular formula is C23H27ClN4O3. The van der Waals surface area contributed by atoms with Crippen molar-refractivity contribution in [3.05, 3.63) is 70.4 Å². The van der Waals surface area contributed by atoms with Crippen LogP contribution in [0.25, 0.3) is 0 Å². The lowest BCUT2D eigenvalue weighted by Gasteiger charge is -2.25. The second kappa shape index (κ2) is 11.5. The summed E-state index contributed by atoms with van der Waals surface area (Å²) >= 11 is 6.11. The number of rotatable bonds is 9. The van der Waals surface area contributed by atoms with Gasteiger partial charge in [-0.15, -0.1) is 0 Å². The first kappa shape index (κ1) is 22.8. The Morgan fingerprint density at radius 3 is 2.81 bits per heavy atom. The van der Waals surface area contributed by atoms with Crippen LogP contribution in [0.15, 0.2) is 59.3 Å². The molecule has 0 aromatic heterocycles. The second-order valence-electron chi connectivity index (χ2n) is 7.15. The Kier molecular flexibility index (Phi) is 8.46. The molecule has 1 amide bonds. The lowest BCUT2D eigenvalue weighted by Crippen LogP contribution is -2.44. The zero-order valence-electron chi connectivity index (χ0n) is 17.4. The highest BCUT2D eigenvalue weighted by atomic mass is 35.5. The Bertz CT molecular complexity index is 928. The topological polar surface area (TPSA) is 95.5 Å². The molecule has 1 unspecified atom stereocenters. The largest absolute Gasteiger partial charge is 0.489 e. The second-order valence-corrected chi connectivity index (χ2v) is 7.56. The molecule has 4 N–H and O–H groups in total. The third-order valence-corrected chi connectivity index (χ3v) is 5.10. The van der Waals surface area contributed by atoms with Gasteiger partial charge >= 0.3 is 0 Å². The molecule has 1 heterocycles. The lowest BCUT2D eigenvalue weighted by atomic mass is 10.2. The number of carbonyl (C=O) groups is 1. The quantitative estimate of drug-likeness (QED) is 0.353. The van der Waals surface area contributed by atoms with Crippen molar-refractivity contribution < 1.29 is 14.3 Å². The molecule has 0 saturated carbocycles. The third kappa shape index (κ3) is 6.82. The van der Waals surface area contributed by atoms with Crippen LogP contribution in [0.5, 0.6) is 5.75 Å². The average Bonchev–Trinajstić information content (AvgIpc) is 2.80. The molecule has 1 atom stereocenters. The van der Waals surface area contributed by atoms with Crippen LogP contribution < -0.4 is 20.7 Å². The normalized spacial score (nSPS) is 16.8. The summed E-state index contributed by atoms with van der Waals surface area (Å²) in [5.41, 5.74) is 2.71. The number of amides is 1. The first-order valence-corrected chi connectivity index (χ1v) is 10.5. The molecule has 1 fully saturated rings. The fourth-order valence-corrected chi connectivity index (χ4v) is 3.26. The van der Waals surface area contributed by atoms with Gasteiger partial charge in [-0.1, -0.05) is 41.9 Å². The maximum atomic E-state index is 12.8. The predicted octanol–water partition coefficient (Wildman–Crippen LogP) is 3.19. The number of benzene rings is 2. The minimum Gasteiger partial charge on any atom is -0.489 e. The van der Waals surface area contributed by atoms with Crippen molar-refractivity contribution in [1.29, 1.82) is 5.41 Å². The van der Waals surface area contributed by atoms with Crippen molar-refractivity contribution in [3.8, 4) is 5.75 Å². The minimum atomic E-state index is -0.418. The average molecular weight is 443 g/mol. The van der Waals surface area contributed by atoms with E-state index >= 15 is 0 Å². The third-order valence-electron chi connectivity index (χ3n) is 4.80. The van der Waals surface area contributed by atoms with Crippen LogP contribution in [-0.2, 0) is 16.1 Å². The number of nitrogens with one attached hydrogen (secondary N) is 4. The fraction of sp³-hybridized carbons (Fsp3) is 0.304. The standard InChI is InChI=1S/C23H27ClN4O3/c1-16-11-18(31-15-17-5-3-2-4-6-17)7-8-21(16)28-23(29)22(20(24)12-25)27-14-19-13-26-9-10-30-19/h2-8,11-12,19,25-27H,9-10,13-15H2,1H3,(H,28,29)/b22-20+,25-12?. The highest BCUT2D eigenvalue weighted by Crippen LogP contribution is 2.23. The number of aryl methyl sites for hydroxylation is 1. The zero-order chi connectivity index (χ0) is 22.1. The van der Waals surface area contributed by atoms with Crippen molar-refractivity contribution >= 4 is 29.4 Å².